The Balaban J connectivity index is 1.19. The van der Waals surface area contributed by atoms with Crippen molar-refractivity contribution in [1.29, 1.82) is 0 Å². The molecule has 0 aliphatic carbocycles. The lowest BCUT2D eigenvalue weighted by atomic mass is 10.1. The van der Waals surface area contributed by atoms with Crippen LogP contribution in [-0.4, -0.2) is 28.9 Å². The molecule has 190 valence electrons. The molecule has 4 aromatic rings. The van der Waals surface area contributed by atoms with Gasteiger partial charge in [0.15, 0.2) is 0 Å². The largest absolute Gasteiger partial charge is 0.489 e. The number of rotatable bonds is 9. The zero-order valence-corrected chi connectivity index (χ0v) is 22.2. The minimum absolute atomic E-state index is 0.210. The van der Waals surface area contributed by atoms with Crippen molar-refractivity contribution in [2.45, 2.75) is 38.8 Å². The van der Waals surface area contributed by atoms with Crippen LogP contribution in [-0.2, 0) is 19.6 Å². The molecule has 1 amide bonds. The zero-order chi connectivity index (χ0) is 25.5. The number of carbonyl (C=O) groups is 1. The van der Waals surface area contributed by atoms with Crippen LogP contribution in [0.15, 0.2) is 78.2 Å². The molecule has 1 aliphatic heterocycles. The molecule has 0 atom stereocenters. The van der Waals surface area contributed by atoms with E-state index in [0.29, 0.717) is 23.7 Å². The Bertz CT molecular complexity index is 1320. The lowest BCUT2D eigenvalue weighted by molar-refractivity contribution is 0.102. The molecule has 0 radical (unpaired) electrons. The number of ether oxygens (including phenoxy) is 1. The third kappa shape index (κ3) is 7.19. The van der Waals surface area contributed by atoms with Gasteiger partial charge in [-0.3, -0.25) is 9.69 Å². The van der Waals surface area contributed by atoms with Gasteiger partial charge in [-0.25, -0.2) is 4.98 Å². The quantitative estimate of drug-likeness (QED) is 0.248. The van der Waals surface area contributed by atoms with E-state index < -0.39 is 0 Å². The number of piperidine rings is 1. The second-order valence-electron chi connectivity index (χ2n) is 9.32. The molecular weight excluding hydrogens is 502 g/mol. The van der Waals surface area contributed by atoms with Gasteiger partial charge in [0.05, 0.1) is 5.01 Å². The van der Waals surface area contributed by atoms with Crippen molar-refractivity contribution in [2.24, 2.45) is 0 Å². The lowest BCUT2D eigenvalue weighted by Crippen LogP contribution is -2.29. The summed E-state index contributed by atoms with van der Waals surface area (Å²) in [5, 5.41) is 6.23. The van der Waals surface area contributed by atoms with E-state index in [1.807, 2.05) is 60.7 Å². The molecule has 1 saturated heterocycles. The molecule has 1 aromatic heterocycles. The van der Waals surface area contributed by atoms with Crippen molar-refractivity contribution in [3.8, 4) is 5.75 Å². The van der Waals surface area contributed by atoms with Crippen LogP contribution < -0.4 is 10.1 Å². The molecule has 1 fully saturated rings. The van der Waals surface area contributed by atoms with Gasteiger partial charge in [-0.05, 0) is 67.4 Å². The van der Waals surface area contributed by atoms with Crippen LogP contribution in [0.4, 0.5) is 5.69 Å². The average Bonchev–Trinajstić information content (AvgIpc) is 3.39. The highest BCUT2D eigenvalue weighted by atomic mass is 35.5. The van der Waals surface area contributed by atoms with Gasteiger partial charge in [-0.15, -0.1) is 11.3 Å². The molecule has 0 spiro atoms. The third-order valence-corrected chi connectivity index (χ3v) is 7.54. The summed E-state index contributed by atoms with van der Waals surface area (Å²) in [7, 11) is 0. The molecule has 3 aromatic carbocycles. The number of anilines is 1. The molecule has 2 heterocycles. The smallest absolute Gasteiger partial charge is 0.275 e. The Kier molecular flexibility index (Phi) is 8.51. The molecule has 0 bridgehead atoms. The van der Waals surface area contributed by atoms with E-state index in [1.165, 1.54) is 49.3 Å². The number of halogens is 1. The van der Waals surface area contributed by atoms with Crippen LogP contribution >= 0.6 is 22.9 Å². The summed E-state index contributed by atoms with van der Waals surface area (Å²) >= 11 is 7.73. The summed E-state index contributed by atoms with van der Waals surface area (Å²) in [6, 6.07) is 23.8. The minimum atomic E-state index is -0.210. The van der Waals surface area contributed by atoms with Crippen molar-refractivity contribution in [1.82, 2.24) is 9.88 Å². The number of hydrogen-bond donors (Lipinski definition) is 1. The van der Waals surface area contributed by atoms with Gasteiger partial charge in [0.1, 0.15) is 18.1 Å². The predicted octanol–water partition coefficient (Wildman–Crippen LogP) is 7.20. The SMILES string of the molecule is O=C(Nc1ccc(CN2CCCCC2)cc1)c1csc(Cc2cc(Cl)ccc2OCc2ccccc2)n1. The van der Waals surface area contributed by atoms with Crippen molar-refractivity contribution in [2.75, 3.05) is 18.4 Å². The number of carbonyl (C=O) groups excluding carboxylic acids is 1. The second kappa shape index (κ2) is 12.4. The van der Waals surface area contributed by atoms with Crippen molar-refractivity contribution in [3.05, 3.63) is 111 Å². The first kappa shape index (κ1) is 25.5. The number of nitrogens with one attached hydrogen (secondary N) is 1. The molecular formula is C30H30ClN3O2S. The highest BCUT2D eigenvalue weighted by Crippen LogP contribution is 2.27. The van der Waals surface area contributed by atoms with Crippen LogP contribution in [0.5, 0.6) is 5.75 Å². The molecule has 5 nitrogen and oxygen atoms in total. The van der Waals surface area contributed by atoms with Crippen LogP contribution in [0.1, 0.15) is 51.4 Å². The highest BCUT2D eigenvalue weighted by molar-refractivity contribution is 7.09. The van der Waals surface area contributed by atoms with Crippen LogP contribution in [0, 0.1) is 0 Å². The number of likely N-dealkylation sites (tertiary alicyclic amines) is 1. The Morgan fingerprint density at radius 1 is 0.973 bits per heavy atom. The van der Waals surface area contributed by atoms with Gasteiger partial charge in [0.25, 0.3) is 5.91 Å². The van der Waals surface area contributed by atoms with Gasteiger partial charge in [0, 0.05) is 34.6 Å². The maximum atomic E-state index is 12.8. The molecule has 1 N–H and O–H groups in total. The average molecular weight is 532 g/mol. The maximum absolute atomic E-state index is 12.8. The first-order valence-corrected chi connectivity index (χ1v) is 13.9. The fourth-order valence-electron chi connectivity index (χ4n) is 4.49. The number of amides is 1. The lowest BCUT2D eigenvalue weighted by Gasteiger charge is -2.26. The first-order valence-electron chi connectivity index (χ1n) is 12.6. The molecule has 1 aliphatic rings. The summed E-state index contributed by atoms with van der Waals surface area (Å²) in [5.41, 5.74) is 4.48. The monoisotopic (exact) mass is 531 g/mol. The first-order chi connectivity index (χ1) is 18.1. The Hall–Kier alpha value is -3.19. The predicted molar refractivity (Wildman–Crippen MR) is 151 cm³/mol. The van der Waals surface area contributed by atoms with Crippen molar-refractivity contribution >= 4 is 34.5 Å². The van der Waals surface area contributed by atoms with E-state index in [1.54, 1.807) is 5.38 Å². The molecule has 0 unspecified atom stereocenters. The summed E-state index contributed by atoms with van der Waals surface area (Å²) in [6.07, 6.45) is 4.43. The number of hydrogen-bond acceptors (Lipinski definition) is 5. The second-order valence-corrected chi connectivity index (χ2v) is 10.7. The van der Waals surface area contributed by atoms with Gasteiger partial charge in [0.2, 0.25) is 0 Å². The van der Waals surface area contributed by atoms with Gasteiger partial charge < -0.3 is 10.1 Å². The van der Waals surface area contributed by atoms with E-state index >= 15 is 0 Å². The minimum Gasteiger partial charge on any atom is -0.489 e. The fraction of sp³-hybridized carbons (Fsp3) is 0.267. The number of aromatic nitrogens is 1. The van der Waals surface area contributed by atoms with Crippen molar-refractivity contribution in [3.63, 3.8) is 0 Å². The molecule has 5 rings (SSSR count). The fourth-order valence-corrected chi connectivity index (χ4v) is 5.48. The maximum Gasteiger partial charge on any atom is 0.275 e. The summed E-state index contributed by atoms with van der Waals surface area (Å²) in [4.78, 5) is 19.9. The number of benzene rings is 3. The Morgan fingerprint density at radius 2 is 1.76 bits per heavy atom. The standard InChI is InChI=1S/C30H30ClN3O2S/c31-25-11-14-28(36-20-23-7-3-1-4-8-23)24(17-25)18-29-33-27(21-37-29)30(35)32-26-12-9-22(10-13-26)19-34-15-5-2-6-16-34/h1,3-4,7-14,17,21H,2,5-6,15-16,18-20H2,(H,32,35). The summed E-state index contributed by atoms with van der Waals surface area (Å²) in [5.74, 6) is 0.553. The van der Waals surface area contributed by atoms with Gasteiger partial charge in [-0.1, -0.05) is 60.5 Å². The topological polar surface area (TPSA) is 54.5 Å². The third-order valence-electron chi connectivity index (χ3n) is 6.45. The van der Waals surface area contributed by atoms with E-state index in [0.717, 1.165) is 34.1 Å². The molecule has 37 heavy (non-hydrogen) atoms. The normalized spacial score (nSPS) is 13.9. The van der Waals surface area contributed by atoms with Gasteiger partial charge in [-0.2, -0.15) is 0 Å². The van der Waals surface area contributed by atoms with Crippen molar-refractivity contribution < 1.29 is 9.53 Å². The molecule has 7 heteroatoms. The summed E-state index contributed by atoms with van der Waals surface area (Å²) < 4.78 is 6.08. The van der Waals surface area contributed by atoms with Crippen LogP contribution in [0.2, 0.25) is 5.02 Å². The van der Waals surface area contributed by atoms with Crippen LogP contribution in [0.25, 0.3) is 0 Å². The number of thiazole rings is 1. The summed E-state index contributed by atoms with van der Waals surface area (Å²) in [6.45, 7) is 3.77. The van der Waals surface area contributed by atoms with E-state index in [4.69, 9.17) is 16.3 Å². The van der Waals surface area contributed by atoms with E-state index in [9.17, 15) is 4.79 Å². The molecule has 0 saturated carbocycles. The highest BCUT2D eigenvalue weighted by Gasteiger charge is 2.15. The van der Waals surface area contributed by atoms with E-state index in [-0.39, 0.29) is 5.91 Å². The Morgan fingerprint density at radius 3 is 2.54 bits per heavy atom. The van der Waals surface area contributed by atoms with Gasteiger partial charge >= 0.3 is 0 Å². The van der Waals surface area contributed by atoms with E-state index in [2.05, 4.69) is 27.3 Å². The Labute approximate surface area is 227 Å². The van der Waals surface area contributed by atoms with Crippen LogP contribution in [0.3, 0.4) is 0 Å². The zero-order valence-electron chi connectivity index (χ0n) is 20.7. The number of nitrogens with zero attached hydrogens (tertiary/aromatic N) is 2.